The second-order valence-corrected chi connectivity index (χ2v) is 4.13. The van der Waals surface area contributed by atoms with Crippen molar-refractivity contribution in [3.05, 3.63) is 24.3 Å². The van der Waals surface area contributed by atoms with Gasteiger partial charge in [-0.2, -0.15) is 0 Å². The molecule has 0 spiro atoms. The topological polar surface area (TPSA) is 20.2 Å². The Bertz CT molecular complexity index is 270. The summed E-state index contributed by atoms with van der Waals surface area (Å²) in [5, 5.41) is 10.1. The Labute approximate surface area is 92.9 Å². The highest BCUT2D eigenvalue weighted by Gasteiger charge is 2.21. The number of hydrogen-bond acceptors (Lipinski definition) is 1. The van der Waals surface area contributed by atoms with Crippen LogP contribution in [0.2, 0.25) is 0 Å². The van der Waals surface area contributed by atoms with Crippen LogP contribution < -0.4 is 0 Å². The van der Waals surface area contributed by atoms with Crippen molar-refractivity contribution in [1.29, 1.82) is 0 Å². The van der Waals surface area contributed by atoms with Crippen molar-refractivity contribution in [2.75, 3.05) is 0 Å². The van der Waals surface area contributed by atoms with Gasteiger partial charge < -0.3 is 5.11 Å². The fraction of sp³-hybridized carbons (Fsp3) is 0.571. The third-order valence-corrected chi connectivity index (χ3v) is 2.79. The molecule has 0 aromatic rings. The molecule has 1 rings (SSSR count). The molecule has 0 heterocycles. The zero-order valence-corrected chi connectivity index (χ0v) is 9.28. The molecule has 0 aliphatic heterocycles. The van der Waals surface area contributed by atoms with Gasteiger partial charge >= 0.3 is 0 Å². The molecule has 0 saturated carbocycles. The van der Waals surface area contributed by atoms with Crippen LogP contribution in [0.4, 0.5) is 0 Å². The van der Waals surface area contributed by atoms with Gasteiger partial charge in [-0.15, -0.1) is 6.42 Å². The van der Waals surface area contributed by atoms with Crippen LogP contribution in [0.3, 0.4) is 0 Å². The molecule has 1 aliphatic carbocycles. The predicted octanol–water partition coefficient (Wildman–Crippen LogP) is 3.21. The maximum atomic E-state index is 10.1. The molecular weight excluding hydrogens is 184 g/mol. The maximum Gasteiger partial charge on any atom is 0.125 e. The van der Waals surface area contributed by atoms with Gasteiger partial charge in [0.15, 0.2) is 0 Å². The van der Waals surface area contributed by atoms with Crippen molar-refractivity contribution in [2.45, 2.75) is 50.5 Å². The number of allylic oxidation sites excluding steroid dienone is 4. The van der Waals surface area contributed by atoms with Crippen molar-refractivity contribution in [2.24, 2.45) is 0 Å². The zero-order valence-electron chi connectivity index (χ0n) is 9.28. The smallest absolute Gasteiger partial charge is 0.125 e. The summed E-state index contributed by atoms with van der Waals surface area (Å²) in [7, 11) is 0. The number of hydrogen-bond donors (Lipinski definition) is 1. The average Bonchev–Trinajstić information content (AvgIpc) is 2.23. The third kappa shape index (κ3) is 4.85. The Hall–Kier alpha value is -1.00. The second-order valence-electron chi connectivity index (χ2n) is 4.13. The van der Waals surface area contributed by atoms with Crippen LogP contribution in [-0.2, 0) is 0 Å². The Morgan fingerprint density at radius 1 is 0.933 bits per heavy atom. The molecule has 1 heteroatoms. The van der Waals surface area contributed by atoms with E-state index in [2.05, 4.69) is 30.2 Å². The van der Waals surface area contributed by atoms with Crippen LogP contribution in [0.1, 0.15) is 44.9 Å². The largest absolute Gasteiger partial charge is 0.378 e. The first-order valence-electron chi connectivity index (χ1n) is 5.77. The molecule has 0 bridgehead atoms. The lowest BCUT2D eigenvalue weighted by atomic mass is 9.92. The van der Waals surface area contributed by atoms with Crippen LogP contribution in [-0.4, -0.2) is 10.7 Å². The highest BCUT2D eigenvalue weighted by Crippen LogP contribution is 2.20. The van der Waals surface area contributed by atoms with Gasteiger partial charge in [-0.3, -0.25) is 0 Å². The van der Waals surface area contributed by atoms with Gasteiger partial charge in [0.2, 0.25) is 0 Å². The second kappa shape index (κ2) is 6.48. The first kappa shape index (κ1) is 12.1. The summed E-state index contributed by atoms with van der Waals surface area (Å²) in [6.45, 7) is 0. The van der Waals surface area contributed by atoms with Crippen molar-refractivity contribution in [3.63, 3.8) is 0 Å². The number of aliphatic hydroxyl groups is 1. The van der Waals surface area contributed by atoms with E-state index >= 15 is 0 Å². The first-order chi connectivity index (χ1) is 7.27. The van der Waals surface area contributed by atoms with E-state index in [1.807, 2.05) is 0 Å². The lowest BCUT2D eigenvalue weighted by molar-refractivity contribution is 0.0815. The van der Waals surface area contributed by atoms with E-state index in [0.717, 1.165) is 32.1 Å². The normalized spacial score (nSPS) is 28.8. The average molecular weight is 204 g/mol. The summed E-state index contributed by atoms with van der Waals surface area (Å²) in [5.41, 5.74) is -0.891. The Kier molecular flexibility index (Phi) is 5.21. The van der Waals surface area contributed by atoms with Crippen LogP contribution in [0.25, 0.3) is 0 Å². The highest BCUT2D eigenvalue weighted by molar-refractivity contribution is 5.08. The predicted molar refractivity (Wildman–Crippen MR) is 64.4 cm³/mol. The van der Waals surface area contributed by atoms with E-state index in [9.17, 15) is 5.11 Å². The van der Waals surface area contributed by atoms with Gasteiger partial charge in [0, 0.05) is 0 Å². The molecule has 1 N–H and O–H groups in total. The van der Waals surface area contributed by atoms with Crippen molar-refractivity contribution in [3.8, 4) is 12.3 Å². The van der Waals surface area contributed by atoms with Crippen molar-refractivity contribution in [1.82, 2.24) is 0 Å². The minimum atomic E-state index is -0.891. The SMILES string of the molecule is C#C[C@@]1(O)CCC=CCCC=CCCC1. The van der Waals surface area contributed by atoms with E-state index in [0.29, 0.717) is 12.8 Å². The molecule has 0 aromatic carbocycles. The lowest BCUT2D eigenvalue weighted by Crippen LogP contribution is -2.25. The minimum absolute atomic E-state index is 0.684. The monoisotopic (exact) mass is 204 g/mol. The van der Waals surface area contributed by atoms with Crippen LogP contribution in [0.15, 0.2) is 24.3 Å². The van der Waals surface area contributed by atoms with E-state index in [1.54, 1.807) is 0 Å². The molecule has 0 radical (unpaired) electrons. The molecule has 82 valence electrons. The summed E-state index contributed by atoms with van der Waals surface area (Å²) >= 11 is 0. The van der Waals surface area contributed by atoms with Crippen LogP contribution in [0.5, 0.6) is 0 Å². The molecule has 0 saturated heterocycles. The maximum absolute atomic E-state index is 10.1. The summed E-state index contributed by atoms with van der Waals surface area (Å²) in [6.07, 6.45) is 20.5. The fourth-order valence-electron chi connectivity index (χ4n) is 1.77. The van der Waals surface area contributed by atoms with Gasteiger partial charge in [-0.1, -0.05) is 30.2 Å². The van der Waals surface area contributed by atoms with Gasteiger partial charge in [0.1, 0.15) is 5.60 Å². The molecule has 15 heavy (non-hydrogen) atoms. The Morgan fingerprint density at radius 3 is 2.20 bits per heavy atom. The summed E-state index contributed by atoms with van der Waals surface area (Å²) < 4.78 is 0. The molecule has 1 nitrogen and oxygen atoms in total. The summed E-state index contributed by atoms with van der Waals surface area (Å²) in [6, 6.07) is 0. The van der Waals surface area contributed by atoms with Gasteiger partial charge in [-0.25, -0.2) is 0 Å². The third-order valence-electron chi connectivity index (χ3n) is 2.79. The van der Waals surface area contributed by atoms with E-state index in [4.69, 9.17) is 6.42 Å². The fourth-order valence-corrected chi connectivity index (χ4v) is 1.77. The van der Waals surface area contributed by atoms with Gasteiger partial charge in [0.25, 0.3) is 0 Å². The Morgan fingerprint density at radius 2 is 1.53 bits per heavy atom. The standard InChI is InChI=1S/C14H20O/c1-2-14(15)12-10-8-6-4-3-5-7-9-11-13-14/h1,4,6-7,9,15H,3,5,8,10-13H2/t14-/m0/s1. The lowest BCUT2D eigenvalue weighted by Gasteiger charge is -2.21. The first-order valence-corrected chi connectivity index (χ1v) is 5.77. The Balaban J connectivity index is 2.53. The molecule has 1 atom stereocenters. The highest BCUT2D eigenvalue weighted by atomic mass is 16.3. The molecule has 0 amide bonds. The van der Waals surface area contributed by atoms with Crippen molar-refractivity contribution >= 4 is 0 Å². The van der Waals surface area contributed by atoms with E-state index in [-0.39, 0.29) is 0 Å². The van der Waals surface area contributed by atoms with Crippen LogP contribution >= 0.6 is 0 Å². The molecule has 1 aliphatic rings. The quantitative estimate of drug-likeness (QED) is 0.474. The molecule has 0 unspecified atom stereocenters. The molecule has 0 aromatic heterocycles. The zero-order chi connectivity index (χ0) is 11.0. The van der Waals surface area contributed by atoms with E-state index < -0.39 is 5.60 Å². The van der Waals surface area contributed by atoms with Gasteiger partial charge in [0.05, 0.1) is 0 Å². The summed E-state index contributed by atoms with van der Waals surface area (Å²) in [5.74, 6) is 2.53. The summed E-state index contributed by atoms with van der Waals surface area (Å²) in [4.78, 5) is 0. The minimum Gasteiger partial charge on any atom is -0.378 e. The van der Waals surface area contributed by atoms with E-state index in [1.165, 1.54) is 0 Å². The molecular formula is C14H20O. The van der Waals surface area contributed by atoms with Crippen molar-refractivity contribution < 1.29 is 5.11 Å². The number of terminal acetylenes is 1. The molecule has 0 fully saturated rings. The van der Waals surface area contributed by atoms with Crippen LogP contribution in [0, 0.1) is 12.3 Å². The number of rotatable bonds is 0. The van der Waals surface area contributed by atoms with Gasteiger partial charge in [-0.05, 0) is 44.9 Å².